The lowest BCUT2D eigenvalue weighted by Crippen LogP contribution is -2.23. The Hall–Kier alpha value is -3.28. The molecule has 0 radical (unpaired) electrons. The molecule has 0 bridgehead atoms. The van der Waals surface area contributed by atoms with Crippen LogP contribution in [0.4, 0.5) is 5.82 Å². The number of pyridine rings is 1. The number of rotatable bonds is 6. The molecule has 0 aliphatic rings. The molecular weight excluding hydrogens is 330 g/mol. The maximum absolute atomic E-state index is 12.2. The number of carbonyl (C=O) groups excluding carboxylic acids is 1. The first-order valence-electron chi connectivity index (χ1n) is 8.30. The monoisotopic (exact) mass is 351 g/mol. The number of nitrogens with two attached hydrogens (primary N) is 1. The summed E-state index contributed by atoms with van der Waals surface area (Å²) in [5.74, 6) is 1.30. The topological polar surface area (TPSA) is 90.4 Å². The molecular formula is C20H21N3O3. The van der Waals surface area contributed by atoms with Gasteiger partial charge in [-0.05, 0) is 50.3 Å². The van der Waals surface area contributed by atoms with Crippen LogP contribution in [-0.4, -0.2) is 17.5 Å². The van der Waals surface area contributed by atoms with Crippen molar-refractivity contribution >= 4 is 22.7 Å². The Balaban J connectivity index is 1.66. The number of nitrogens with one attached hydrogen (secondary N) is 1. The van der Waals surface area contributed by atoms with Gasteiger partial charge in [-0.25, -0.2) is 4.98 Å². The van der Waals surface area contributed by atoms with Gasteiger partial charge in [0.05, 0.1) is 12.1 Å². The van der Waals surface area contributed by atoms with Gasteiger partial charge in [0.1, 0.15) is 29.5 Å². The zero-order valence-corrected chi connectivity index (χ0v) is 14.8. The van der Waals surface area contributed by atoms with Crippen LogP contribution in [0, 0.1) is 0 Å². The van der Waals surface area contributed by atoms with Crippen LogP contribution in [-0.2, 0) is 6.54 Å². The number of carbonyl (C=O) groups is 1. The van der Waals surface area contributed by atoms with E-state index in [1.807, 2.05) is 44.2 Å². The number of hydrogen-bond donors (Lipinski definition) is 2. The van der Waals surface area contributed by atoms with Gasteiger partial charge in [0.2, 0.25) is 0 Å². The van der Waals surface area contributed by atoms with Crippen LogP contribution in [0.3, 0.4) is 0 Å². The summed E-state index contributed by atoms with van der Waals surface area (Å²) in [5, 5.41) is 3.74. The molecule has 26 heavy (non-hydrogen) atoms. The first kappa shape index (κ1) is 17.5. The van der Waals surface area contributed by atoms with Crippen LogP contribution in [0.15, 0.2) is 58.7 Å². The number of amides is 1. The molecule has 0 spiro atoms. The molecule has 0 aliphatic heterocycles. The van der Waals surface area contributed by atoms with Gasteiger partial charge in [0.25, 0.3) is 5.91 Å². The van der Waals surface area contributed by atoms with Gasteiger partial charge >= 0.3 is 0 Å². The Labute approximate surface area is 151 Å². The predicted molar refractivity (Wildman–Crippen MR) is 101 cm³/mol. The Kier molecular flexibility index (Phi) is 5.22. The summed E-state index contributed by atoms with van der Waals surface area (Å²) < 4.78 is 11.5. The Morgan fingerprint density at radius 3 is 2.92 bits per heavy atom. The van der Waals surface area contributed by atoms with Crippen molar-refractivity contribution in [1.29, 1.82) is 0 Å². The van der Waals surface area contributed by atoms with Gasteiger partial charge in [0.15, 0.2) is 0 Å². The molecule has 0 aliphatic carbocycles. The molecule has 3 N–H and O–H groups in total. The third-order valence-electron chi connectivity index (χ3n) is 3.79. The highest BCUT2D eigenvalue weighted by Gasteiger charge is 2.11. The molecule has 1 amide bonds. The molecule has 0 atom stereocenters. The molecule has 0 saturated carbocycles. The van der Waals surface area contributed by atoms with Crippen molar-refractivity contribution in [2.75, 3.05) is 12.3 Å². The number of furan rings is 1. The van der Waals surface area contributed by atoms with E-state index in [9.17, 15) is 4.79 Å². The molecule has 0 unspecified atom stereocenters. The second-order valence-corrected chi connectivity index (χ2v) is 6.12. The van der Waals surface area contributed by atoms with E-state index in [4.69, 9.17) is 14.9 Å². The zero-order chi connectivity index (χ0) is 18.5. The minimum absolute atomic E-state index is 0.202. The number of nitrogen functional groups attached to an aromatic ring is 1. The van der Waals surface area contributed by atoms with Crippen molar-refractivity contribution in [2.24, 2.45) is 0 Å². The van der Waals surface area contributed by atoms with Crippen LogP contribution in [0.2, 0.25) is 0 Å². The molecule has 134 valence electrons. The van der Waals surface area contributed by atoms with Crippen LogP contribution in [0.1, 0.15) is 30.0 Å². The summed E-state index contributed by atoms with van der Waals surface area (Å²) in [6.45, 7) is 4.83. The fourth-order valence-electron chi connectivity index (χ4n) is 2.42. The number of benzene rings is 1. The van der Waals surface area contributed by atoms with E-state index in [1.165, 1.54) is 5.57 Å². The second-order valence-electron chi connectivity index (χ2n) is 6.12. The fourth-order valence-corrected chi connectivity index (χ4v) is 2.42. The van der Waals surface area contributed by atoms with Gasteiger partial charge in [0, 0.05) is 17.6 Å². The lowest BCUT2D eigenvalue weighted by atomic mass is 10.2. The van der Waals surface area contributed by atoms with Crippen LogP contribution in [0.5, 0.6) is 5.75 Å². The van der Waals surface area contributed by atoms with Gasteiger partial charge in [-0.2, -0.15) is 0 Å². The van der Waals surface area contributed by atoms with E-state index < -0.39 is 0 Å². The minimum Gasteiger partial charge on any atom is -0.489 e. The number of nitrogens with zero attached hydrogens (tertiary/aromatic N) is 1. The maximum atomic E-state index is 12.2. The average molecular weight is 351 g/mol. The highest BCUT2D eigenvalue weighted by Crippen LogP contribution is 2.24. The SMILES string of the molecule is CC(C)=CCOc1ccc2cc(CNC(=O)c3cccnc3N)oc2c1. The highest BCUT2D eigenvalue weighted by atomic mass is 16.5. The van der Waals surface area contributed by atoms with Crippen molar-refractivity contribution < 1.29 is 13.9 Å². The third kappa shape index (κ3) is 4.22. The van der Waals surface area contributed by atoms with Gasteiger partial charge in [-0.3, -0.25) is 4.79 Å². The van der Waals surface area contributed by atoms with Crippen molar-refractivity contribution in [3.05, 3.63) is 65.6 Å². The van der Waals surface area contributed by atoms with Crippen molar-refractivity contribution in [1.82, 2.24) is 10.3 Å². The lowest BCUT2D eigenvalue weighted by molar-refractivity contribution is 0.0949. The van der Waals surface area contributed by atoms with Gasteiger partial charge in [-0.1, -0.05) is 5.57 Å². The van der Waals surface area contributed by atoms with Crippen LogP contribution in [0.25, 0.3) is 11.0 Å². The van der Waals surface area contributed by atoms with E-state index >= 15 is 0 Å². The summed E-state index contributed by atoms with van der Waals surface area (Å²) >= 11 is 0. The van der Waals surface area contributed by atoms with E-state index in [1.54, 1.807) is 18.3 Å². The molecule has 0 saturated heterocycles. The molecule has 3 rings (SSSR count). The molecule has 1 aromatic carbocycles. The number of allylic oxidation sites excluding steroid dienone is 1. The second kappa shape index (κ2) is 7.74. The molecule has 3 aromatic rings. The number of fused-ring (bicyclic) bond motifs is 1. The quantitative estimate of drug-likeness (QED) is 0.661. The molecule has 2 heterocycles. The number of hydrogen-bond acceptors (Lipinski definition) is 5. The number of ether oxygens (including phenoxy) is 1. The fraction of sp³-hybridized carbons (Fsp3) is 0.200. The number of anilines is 1. The summed E-state index contributed by atoms with van der Waals surface area (Å²) in [6.07, 6.45) is 3.56. The standard InChI is InChI=1S/C20H21N3O3/c1-13(2)7-9-25-15-6-5-14-10-16(26-18(14)11-15)12-23-20(24)17-4-3-8-22-19(17)21/h3-8,10-11H,9,12H2,1-2H3,(H2,21,22)(H,23,24). The minimum atomic E-state index is -0.290. The highest BCUT2D eigenvalue weighted by molar-refractivity contribution is 5.98. The van der Waals surface area contributed by atoms with E-state index in [-0.39, 0.29) is 18.3 Å². The number of aromatic nitrogens is 1. The van der Waals surface area contributed by atoms with Gasteiger partial charge < -0.3 is 20.2 Å². The molecule has 6 nitrogen and oxygen atoms in total. The molecule has 0 fully saturated rings. The first-order chi connectivity index (χ1) is 12.5. The van der Waals surface area contributed by atoms with Crippen molar-refractivity contribution in [2.45, 2.75) is 20.4 Å². The Bertz CT molecular complexity index is 956. The predicted octanol–water partition coefficient (Wildman–Crippen LogP) is 3.69. The summed E-state index contributed by atoms with van der Waals surface area (Å²) in [5.41, 5.74) is 7.98. The zero-order valence-electron chi connectivity index (χ0n) is 14.8. The van der Waals surface area contributed by atoms with Crippen LogP contribution >= 0.6 is 0 Å². The first-order valence-corrected chi connectivity index (χ1v) is 8.30. The summed E-state index contributed by atoms with van der Waals surface area (Å²) in [4.78, 5) is 16.1. The molecule has 2 aromatic heterocycles. The normalized spacial score (nSPS) is 10.5. The summed E-state index contributed by atoms with van der Waals surface area (Å²) in [7, 11) is 0. The van der Waals surface area contributed by atoms with E-state index in [0.29, 0.717) is 23.5 Å². The Morgan fingerprint density at radius 1 is 1.31 bits per heavy atom. The molecule has 6 heteroatoms. The third-order valence-corrected chi connectivity index (χ3v) is 3.79. The van der Waals surface area contributed by atoms with Crippen LogP contribution < -0.4 is 15.8 Å². The summed E-state index contributed by atoms with van der Waals surface area (Å²) in [6, 6.07) is 10.9. The van der Waals surface area contributed by atoms with E-state index in [2.05, 4.69) is 10.3 Å². The smallest absolute Gasteiger partial charge is 0.255 e. The van der Waals surface area contributed by atoms with Crippen molar-refractivity contribution in [3.8, 4) is 5.75 Å². The van der Waals surface area contributed by atoms with Gasteiger partial charge in [-0.15, -0.1) is 0 Å². The van der Waals surface area contributed by atoms with E-state index in [0.717, 1.165) is 11.1 Å². The maximum Gasteiger partial charge on any atom is 0.255 e. The lowest BCUT2D eigenvalue weighted by Gasteiger charge is -2.04. The largest absolute Gasteiger partial charge is 0.489 e. The average Bonchev–Trinajstić information content (AvgIpc) is 3.02. The Morgan fingerprint density at radius 2 is 2.15 bits per heavy atom. The van der Waals surface area contributed by atoms with Crippen molar-refractivity contribution in [3.63, 3.8) is 0 Å².